The number of nitrogens with zero attached hydrogens (tertiary/aromatic N) is 4. The third-order valence-corrected chi connectivity index (χ3v) is 4.05. The van der Waals surface area contributed by atoms with E-state index in [4.69, 9.17) is 0 Å². The zero-order valence-electron chi connectivity index (χ0n) is 11.9. The molecule has 0 radical (unpaired) electrons. The van der Waals surface area contributed by atoms with Crippen LogP contribution < -0.4 is 4.90 Å². The standard InChI is InChI=1S/C16H14N4O/c1-19-13-9-14-12(7-10(13)8-15(19)21)18-16(20(14)2)11-5-3-4-6-17-11/h3-7,9H,8H2,1-2H3. The summed E-state index contributed by atoms with van der Waals surface area (Å²) >= 11 is 0. The molecule has 104 valence electrons. The molecule has 5 nitrogen and oxygen atoms in total. The highest BCUT2D eigenvalue weighted by atomic mass is 16.2. The lowest BCUT2D eigenvalue weighted by Crippen LogP contribution is -2.20. The number of carbonyl (C=O) groups excluding carboxylic acids is 1. The first-order chi connectivity index (χ1) is 10.1. The number of imidazole rings is 1. The molecule has 4 rings (SSSR count). The highest BCUT2D eigenvalue weighted by Gasteiger charge is 2.25. The van der Waals surface area contributed by atoms with E-state index in [1.807, 2.05) is 49.0 Å². The van der Waals surface area contributed by atoms with E-state index in [1.165, 1.54) is 0 Å². The summed E-state index contributed by atoms with van der Waals surface area (Å²) in [6.07, 6.45) is 2.22. The Hall–Kier alpha value is -2.69. The first-order valence-electron chi connectivity index (χ1n) is 6.82. The predicted molar refractivity (Wildman–Crippen MR) is 81.1 cm³/mol. The largest absolute Gasteiger partial charge is 0.326 e. The maximum Gasteiger partial charge on any atom is 0.231 e. The number of amides is 1. The average Bonchev–Trinajstić information content (AvgIpc) is 2.96. The van der Waals surface area contributed by atoms with Crippen molar-refractivity contribution in [3.8, 4) is 11.5 Å². The van der Waals surface area contributed by atoms with Gasteiger partial charge in [0.2, 0.25) is 5.91 Å². The maximum absolute atomic E-state index is 11.8. The molecule has 1 amide bonds. The summed E-state index contributed by atoms with van der Waals surface area (Å²) in [7, 11) is 3.79. The van der Waals surface area contributed by atoms with Crippen molar-refractivity contribution in [2.45, 2.75) is 6.42 Å². The Morgan fingerprint density at radius 3 is 2.81 bits per heavy atom. The third kappa shape index (κ3) is 1.67. The van der Waals surface area contributed by atoms with Crippen LogP contribution in [0.1, 0.15) is 5.56 Å². The number of fused-ring (bicyclic) bond motifs is 2. The summed E-state index contributed by atoms with van der Waals surface area (Å²) in [4.78, 5) is 22.5. The highest BCUT2D eigenvalue weighted by molar-refractivity contribution is 6.03. The fourth-order valence-corrected chi connectivity index (χ4v) is 2.86. The van der Waals surface area contributed by atoms with Crippen molar-refractivity contribution in [3.63, 3.8) is 0 Å². The minimum atomic E-state index is 0.130. The summed E-state index contributed by atoms with van der Waals surface area (Å²) in [6.45, 7) is 0. The number of hydrogen-bond donors (Lipinski definition) is 0. The van der Waals surface area contributed by atoms with Crippen LogP contribution in [-0.4, -0.2) is 27.5 Å². The molecule has 2 aromatic heterocycles. The first kappa shape index (κ1) is 12.1. The molecule has 0 N–H and O–H groups in total. The highest BCUT2D eigenvalue weighted by Crippen LogP contribution is 2.33. The molecule has 0 spiro atoms. The zero-order valence-corrected chi connectivity index (χ0v) is 11.9. The van der Waals surface area contributed by atoms with Crippen LogP contribution in [0.5, 0.6) is 0 Å². The van der Waals surface area contributed by atoms with Gasteiger partial charge in [-0.15, -0.1) is 0 Å². The predicted octanol–water partition coefficient (Wildman–Crippen LogP) is 2.15. The summed E-state index contributed by atoms with van der Waals surface area (Å²) in [5.74, 6) is 0.966. The van der Waals surface area contributed by atoms with Gasteiger partial charge in [-0.3, -0.25) is 9.78 Å². The van der Waals surface area contributed by atoms with Gasteiger partial charge in [-0.05, 0) is 29.8 Å². The lowest BCUT2D eigenvalue weighted by atomic mass is 10.1. The van der Waals surface area contributed by atoms with Gasteiger partial charge in [-0.25, -0.2) is 4.98 Å². The summed E-state index contributed by atoms with van der Waals surface area (Å²) in [6, 6.07) is 9.84. The number of anilines is 1. The van der Waals surface area contributed by atoms with Crippen molar-refractivity contribution in [1.29, 1.82) is 0 Å². The van der Waals surface area contributed by atoms with Crippen molar-refractivity contribution in [2.75, 3.05) is 11.9 Å². The summed E-state index contributed by atoms with van der Waals surface area (Å²) < 4.78 is 2.02. The fourth-order valence-electron chi connectivity index (χ4n) is 2.86. The minimum absolute atomic E-state index is 0.130. The van der Waals surface area contributed by atoms with Crippen LogP contribution in [0.4, 0.5) is 5.69 Å². The van der Waals surface area contributed by atoms with Gasteiger partial charge in [-0.1, -0.05) is 6.07 Å². The van der Waals surface area contributed by atoms with Crippen LogP contribution >= 0.6 is 0 Å². The zero-order chi connectivity index (χ0) is 14.6. The van der Waals surface area contributed by atoms with Gasteiger partial charge in [0.15, 0.2) is 5.82 Å². The molecule has 3 aromatic rings. The first-order valence-corrected chi connectivity index (χ1v) is 6.82. The van der Waals surface area contributed by atoms with Crippen molar-refractivity contribution in [2.24, 2.45) is 7.05 Å². The monoisotopic (exact) mass is 278 g/mol. The normalized spacial score (nSPS) is 14.0. The number of likely N-dealkylation sites (N-methyl/N-ethyl adjacent to an activating group) is 1. The van der Waals surface area contributed by atoms with E-state index < -0.39 is 0 Å². The Labute approximate surface area is 121 Å². The molecule has 5 heteroatoms. The molecular weight excluding hydrogens is 264 g/mol. The molecule has 1 aromatic carbocycles. The molecule has 1 aliphatic rings. The molecule has 3 heterocycles. The van der Waals surface area contributed by atoms with Crippen LogP contribution in [0.2, 0.25) is 0 Å². The number of aromatic nitrogens is 3. The Balaban J connectivity index is 1.95. The number of pyridine rings is 1. The molecule has 0 saturated heterocycles. The van der Waals surface area contributed by atoms with Gasteiger partial charge >= 0.3 is 0 Å². The number of carbonyl (C=O) groups is 1. The Morgan fingerprint density at radius 2 is 2.05 bits per heavy atom. The van der Waals surface area contributed by atoms with Crippen LogP contribution in [0.15, 0.2) is 36.5 Å². The molecule has 0 saturated carbocycles. The van der Waals surface area contributed by atoms with Gasteiger partial charge in [-0.2, -0.15) is 0 Å². The van der Waals surface area contributed by atoms with E-state index in [1.54, 1.807) is 11.1 Å². The second kappa shape index (κ2) is 4.15. The summed E-state index contributed by atoms with van der Waals surface area (Å²) in [5.41, 5.74) is 4.78. The van der Waals surface area contributed by atoms with Crippen LogP contribution in [0.3, 0.4) is 0 Å². The van der Waals surface area contributed by atoms with E-state index in [2.05, 4.69) is 9.97 Å². The molecular formula is C16H14N4O. The van der Waals surface area contributed by atoms with E-state index in [-0.39, 0.29) is 5.91 Å². The molecule has 0 unspecified atom stereocenters. The Bertz CT molecular complexity index is 867. The fraction of sp³-hybridized carbons (Fsp3) is 0.188. The van der Waals surface area contributed by atoms with Crippen LogP contribution in [0.25, 0.3) is 22.6 Å². The van der Waals surface area contributed by atoms with E-state index in [0.29, 0.717) is 6.42 Å². The molecule has 0 bridgehead atoms. The average molecular weight is 278 g/mol. The van der Waals surface area contributed by atoms with Gasteiger partial charge < -0.3 is 9.47 Å². The molecule has 1 aliphatic heterocycles. The van der Waals surface area contributed by atoms with Gasteiger partial charge in [0.25, 0.3) is 0 Å². The lowest BCUT2D eigenvalue weighted by molar-refractivity contribution is -0.117. The van der Waals surface area contributed by atoms with Gasteiger partial charge in [0.05, 0.1) is 17.5 Å². The van der Waals surface area contributed by atoms with Gasteiger partial charge in [0, 0.05) is 26.0 Å². The Kier molecular flexibility index (Phi) is 2.39. The van der Waals surface area contributed by atoms with Crippen molar-refractivity contribution in [3.05, 3.63) is 42.1 Å². The number of aryl methyl sites for hydroxylation is 1. The SMILES string of the molecule is CN1C(=O)Cc2cc3nc(-c4ccccn4)n(C)c3cc21. The van der Waals surface area contributed by atoms with Crippen molar-refractivity contribution >= 4 is 22.6 Å². The minimum Gasteiger partial charge on any atom is -0.326 e. The van der Waals surface area contributed by atoms with Crippen molar-refractivity contribution in [1.82, 2.24) is 14.5 Å². The number of benzene rings is 1. The second-order valence-corrected chi connectivity index (χ2v) is 5.31. The number of rotatable bonds is 1. The molecule has 21 heavy (non-hydrogen) atoms. The Morgan fingerprint density at radius 1 is 1.19 bits per heavy atom. The van der Waals surface area contributed by atoms with Crippen molar-refractivity contribution < 1.29 is 4.79 Å². The lowest BCUT2D eigenvalue weighted by Gasteiger charge is -2.10. The molecule has 0 atom stereocenters. The van der Waals surface area contributed by atoms with Gasteiger partial charge in [0.1, 0.15) is 5.69 Å². The van der Waals surface area contributed by atoms with Crippen LogP contribution in [-0.2, 0) is 18.3 Å². The molecule has 0 aliphatic carbocycles. The van der Waals surface area contributed by atoms with Crippen LogP contribution in [0, 0.1) is 0 Å². The maximum atomic E-state index is 11.8. The van der Waals surface area contributed by atoms with E-state index >= 15 is 0 Å². The molecule has 0 fully saturated rings. The topological polar surface area (TPSA) is 51.0 Å². The quantitative estimate of drug-likeness (QED) is 0.685. The third-order valence-electron chi connectivity index (χ3n) is 4.05. The van der Waals surface area contributed by atoms with E-state index in [9.17, 15) is 4.79 Å². The summed E-state index contributed by atoms with van der Waals surface area (Å²) in [5, 5.41) is 0. The second-order valence-electron chi connectivity index (χ2n) is 5.31. The van der Waals surface area contributed by atoms with E-state index in [0.717, 1.165) is 33.8 Å². The smallest absolute Gasteiger partial charge is 0.231 e. The number of hydrogen-bond acceptors (Lipinski definition) is 3.